The molecule has 8 nitrogen and oxygen atoms in total. The lowest BCUT2D eigenvalue weighted by Crippen LogP contribution is -2.41. The summed E-state index contributed by atoms with van der Waals surface area (Å²) in [5.74, 6) is -0.215. The Bertz CT molecular complexity index is 1240. The van der Waals surface area contributed by atoms with E-state index in [1.54, 1.807) is 18.2 Å². The first-order chi connectivity index (χ1) is 16.8. The van der Waals surface area contributed by atoms with E-state index in [0.29, 0.717) is 31.2 Å². The van der Waals surface area contributed by atoms with Crippen LogP contribution in [0.5, 0.6) is 0 Å². The van der Waals surface area contributed by atoms with Gasteiger partial charge in [-0.1, -0.05) is 11.6 Å². The van der Waals surface area contributed by atoms with Gasteiger partial charge in [0.2, 0.25) is 0 Å². The second-order valence-corrected chi connectivity index (χ2v) is 11.3. The Morgan fingerprint density at radius 1 is 1.00 bits per heavy atom. The van der Waals surface area contributed by atoms with E-state index in [4.69, 9.17) is 11.6 Å². The molecule has 0 bridgehead atoms. The molecule has 184 valence electrons. The van der Waals surface area contributed by atoms with Gasteiger partial charge in [-0.25, -0.2) is 4.98 Å². The zero-order chi connectivity index (χ0) is 24.9. The maximum Gasteiger partial charge on any atom is 0.265 e. The highest BCUT2D eigenvalue weighted by molar-refractivity contribution is 7.18. The van der Waals surface area contributed by atoms with Crippen LogP contribution >= 0.6 is 34.3 Å². The molecule has 0 aliphatic heterocycles. The summed E-state index contributed by atoms with van der Waals surface area (Å²) >= 11 is 8.63. The minimum Gasteiger partial charge on any atom is -0.366 e. The van der Waals surface area contributed by atoms with Gasteiger partial charge in [0.1, 0.15) is 5.82 Å². The van der Waals surface area contributed by atoms with Crippen molar-refractivity contribution in [2.45, 2.75) is 44.7 Å². The summed E-state index contributed by atoms with van der Waals surface area (Å²) in [5, 5.41) is 12.0. The predicted molar refractivity (Wildman–Crippen MR) is 141 cm³/mol. The van der Waals surface area contributed by atoms with Crippen molar-refractivity contribution in [2.24, 2.45) is 0 Å². The highest BCUT2D eigenvalue weighted by Gasteiger charge is 2.25. The van der Waals surface area contributed by atoms with Gasteiger partial charge in [-0.3, -0.25) is 14.4 Å². The fourth-order valence-electron chi connectivity index (χ4n) is 4.02. The summed E-state index contributed by atoms with van der Waals surface area (Å²) in [5.41, 5.74) is 0.735. The predicted octanol–water partition coefficient (Wildman–Crippen LogP) is 4.93. The van der Waals surface area contributed by atoms with Crippen LogP contribution < -0.4 is 21.3 Å². The summed E-state index contributed by atoms with van der Waals surface area (Å²) in [7, 11) is 1.54. The zero-order valence-electron chi connectivity index (χ0n) is 19.3. The van der Waals surface area contributed by atoms with E-state index in [2.05, 4.69) is 26.3 Å². The van der Waals surface area contributed by atoms with E-state index in [1.807, 2.05) is 19.1 Å². The molecule has 3 aromatic heterocycles. The number of hydrogen-bond donors (Lipinski definition) is 4. The molecule has 3 heterocycles. The van der Waals surface area contributed by atoms with Crippen LogP contribution in [0.4, 0.5) is 11.5 Å². The van der Waals surface area contributed by atoms with Crippen LogP contribution in [0, 0.1) is 6.92 Å². The Kier molecular flexibility index (Phi) is 8.04. The third kappa shape index (κ3) is 6.39. The number of amides is 3. The first kappa shape index (κ1) is 25.2. The van der Waals surface area contributed by atoms with Crippen molar-refractivity contribution in [3.8, 4) is 0 Å². The van der Waals surface area contributed by atoms with Crippen LogP contribution in [0.3, 0.4) is 0 Å². The molecule has 2 atom stereocenters. The maximum atomic E-state index is 12.8. The van der Waals surface area contributed by atoms with Crippen molar-refractivity contribution < 1.29 is 14.4 Å². The van der Waals surface area contributed by atoms with E-state index < -0.39 is 0 Å². The molecule has 0 saturated heterocycles. The SMILES string of the molecule is CNC(=O)c1cnc(N[C@H]2CCC[C@@H](NC(=O)c3ccc(C)s3)C2)c(NC(=O)c2ccc(Cl)s2)c1. The Balaban J connectivity index is 1.48. The lowest BCUT2D eigenvalue weighted by molar-refractivity contribution is 0.0928. The quantitative estimate of drug-likeness (QED) is 0.345. The second-order valence-electron chi connectivity index (χ2n) is 8.35. The van der Waals surface area contributed by atoms with Crippen molar-refractivity contribution in [1.29, 1.82) is 0 Å². The standard InChI is InChI=1S/C24H26ClN5O3S2/c1-13-6-7-18(34-13)23(32)29-16-5-3-4-15(11-16)28-21-17(10-14(12-27-21)22(31)26-2)30-24(33)19-8-9-20(25)35-19/h6-10,12,15-16H,3-5,11H2,1-2H3,(H,26,31)(H,27,28)(H,29,32)(H,30,33)/t15-,16+/m0/s1. The van der Waals surface area contributed by atoms with Crippen LogP contribution in [0.25, 0.3) is 0 Å². The number of anilines is 2. The van der Waals surface area contributed by atoms with E-state index >= 15 is 0 Å². The molecule has 4 N–H and O–H groups in total. The van der Waals surface area contributed by atoms with Gasteiger partial charge in [0.05, 0.1) is 25.3 Å². The van der Waals surface area contributed by atoms with Crippen LogP contribution in [0.2, 0.25) is 4.34 Å². The molecule has 3 amide bonds. The Morgan fingerprint density at radius 3 is 2.43 bits per heavy atom. The number of rotatable bonds is 7. The lowest BCUT2D eigenvalue weighted by atomic mass is 9.91. The molecular formula is C24H26ClN5O3S2. The van der Waals surface area contributed by atoms with E-state index in [1.165, 1.54) is 35.9 Å². The molecule has 0 aromatic carbocycles. The Labute approximate surface area is 216 Å². The molecule has 1 aliphatic carbocycles. The summed E-state index contributed by atoms with van der Waals surface area (Å²) in [6.07, 6.45) is 4.94. The first-order valence-electron chi connectivity index (χ1n) is 11.2. The number of aromatic nitrogens is 1. The normalized spacial score (nSPS) is 17.5. The van der Waals surface area contributed by atoms with Gasteiger partial charge in [0, 0.05) is 30.2 Å². The molecule has 4 rings (SSSR count). The molecule has 1 saturated carbocycles. The maximum absolute atomic E-state index is 12.8. The fourth-order valence-corrected chi connectivity index (χ4v) is 5.73. The average Bonchev–Trinajstić information content (AvgIpc) is 3.48. The van der Waals surface area contributed by atoms with Crippen molar-refractivity contribution >= 4 is 63.5 Å². The number of aryl methyl sites for hydroxylation is 1. The van der Waals surface area contributed by atoms with Crippen molar-refractivity contribution in [2.75, 3.05) is 17.7 Å². The van der Waals surface area contributed by atoms with Crippen molar-refractivity contribution in [3.63, 3.8) is 0 Å². The fraction of sp³-hybridized carbons (Fsp3) is 0.333. The van der Waals surface area contributed by atoms with Gasteiger partial charge in [-0.05, 0) is 62.9 Å². The van der Waals surface area contributed by atoms with Crippen molar-refractivity contribution in [1.82, 2.24) is 15.6 Å². The number of hydrogen-bond acceptors (Lipinski definition) is 7. The van der Waals surface area contributed by atoms with Crippen LogP contribution in [0.1, 0.15) is 60.3 Å². The summed E-state index contributed by atoms with van der Waals surface area (Å²) in [6, 6.07) is 8.78. The van der Waals surface area contributed by atoms with Gasteiger partial charge in [0.25, 0.3) is 17.7 Å². The third-order valence-electron chi connectivity index (χ3n) is 5.74. The number of carbonyl (C=O) groups is 3. The molecule has 0 unspecified atom stereocenters. The van der Waals surface area contributed by atoms with E-state index in [0.717, 1.165) is 30.6 Å². The Hall–Kier alpha value is -2.95. The molecule has 3 aromatic rings. The molecule has 1 fully saturated rings. The number of pyridine rings is 1. The average molecular weight is 532 g/mol. The number of thiophene rings is 2. The summed E-state index contributed by atoms with van der Waals surface area (Å²) < 4.78 is 0.513. The highest BCUT2D eigenvalue weighted by Crippen LogP contribution is 2.28. The number of nitrogens with one attached hydrogen (secondary N) is 4. The topological polar surface area (TPSA) is 112 Å². The first-order valence-corrected chi connectivity index (χ1v) is 13.3. The highest BCUT2D eigenvalue weighted by atomic mass is 35.5. The van der Waals surface area contributed by atoms with Gasteiger partial charge >= 0.3 is 0 Å². The monoisotopic (exact) mass is 531 g/mol. The zero-order valence-corrected chi connectivity index (χ0v) is 21.7. The largest absolute Gasteiger partial charge is 0.366 e. The molecule has 0 radical (unpaired) electrons. The van der Waals surface area contributed by atoms with Gasteiger partial charge in [-0.2, -0.15) is 0 Å². The number of nitrogens with zero attached hydrogens (tertiary/aromatic N) is 1. The molecule has 0 spiro atoms. The van der Waals surface area contributed by atoms with E-state index in [9.17, 15) is 14.4 Å². The molecule has 1 aliphatic rings. The van der Waals surface area contributed by atoms with Gasteiger partial charge < -0.3 is 21.3 Å². The molecular weight excluding hydrogens is 506 g/mol. The summed E-state index contributed by atoms with van der Waals surface area (Å²) in [4.78, 5) is 44.2. The van der Waals surface area contributed by atoms with Crippen molar-refractivity contribution in [3.05, 3.63) is 61.1 Å². The van der Waals surface area contributed by atoms with Crippen LogP contribution in [-0.2, 0) is 0 Å². The van der Waals surface area contributed by atoms with E-state index in [-0.39, 0.29) is 29.8 Å². The molecule has 11 heteroatoms. The van der Waals surface area contributed by atoms with Crippen LogP contribution in [0.15, 0.2) is 36.5 Å². The lowest BCUT2D eigenvalue weighted by Gasteiger charge is -2.31. The van der Waals surface area contributed by atoms with Gasteiger partial charge in [0.15, 0.2) is 0 Å². The molecule has 35 heavy (non-hydrogen) atoms. The second kappa shape index (κ2) is 11.2. The van der Waals surface area contributed by atoms with Crippen LogP contribution in [-0.4, -0.2) is 41.8 Å². The summed E-state index contributed by atoms with van der Waals surface area (Å²) in [6.45, 7) is 1.98. The smallest absolute Gasteiger partial charge is 0.265 e. The number of carbonyl (C=O) groups excluding carboxylic acids is 3. The number of halogens is 1. The van der Waals surface area contributed by atoms with Gasteiger partial charge in [-0.15, -0.1) is 22.7 Å². The minimum atomic E-state index is -0.333. The minimum absolute atomic E-state index is 0.0348. The Morgan fingerprint density at radius 2 is 1.74 bits per heavy atom. The third-order valence-corrected chi connectivity index (χ3v) is 7.97.